The minimum atomic E-state index is 0.0101. The predicted molar refractivity (Wildman–Crippen MR) is 60.9 cm³/mol. The van der Waals surface area contributed by atoms with Gasteiger partial charge in [-0.2, -0.15) is 0 Å². The van der Waals surface area contributed by atoms with E-state index in [1.54, 1.807) is 6.08 Å². The van der Waals surface area contributed by atoms with Crippen LogP contribution in [0, 0.1) is 0 Å². The van der Waals surface area contributed by atoms with Crippen LogP contribution in [-0.2, 0) is 4.74 Å². The molecular weight excluding hydrogens is 192 g/mol. The monoisotopic (exact) mass is 210 g/mol. The predicted octanol–water partition coefficient (Wildman–Crippen LogP) is 0.847. The molecule has 2 N–H and O–H groups in total. The van der Waals surface area contributed by atoms with Crippen molar-refractivity contribution in [2.75, 3.05) is 26.3 Å². The van der Waals surface area contributed by atoms with E-state index in [-0.39, 0.29) is 13.2 Å². The summed E-state index contributed by atoms with van der Waals surface area (Å²) >= 11 is 0. The van der Waals surface area contributed by atoms with Crippen molar-refractivity contribution < 1.29 is 9.84 Å². The Morgan fingerprint density at radius 3 is 2.93 bits per heavy atom. The largest absolute Gasteiger partial charge is 0.475 e. The van der Waals surface area contributed by atoms with Crippen LogP contribution in [-0.4, -0.2) is 37.6 Å². The van der Waals surface area contributed by atoms with Crippen LogP contribution < -0.4 is 5.32 Å². The Hall–Kier alpha value is -1.13. The van der Waals surface area contributed by atoms with Gasteiger partial charge in [0.2, 0.25) is 5.88 Å². The van der Waals surface area contributed by atoms with Gasteiger partial charge in [-0.1, -0.05) is 5.57 Å². The zero-order valence-electron chi connectivity index (χ0n) is 9.29. The third-order valence-corrected chi connectivity index (χ3v) is 2.19. The Morgan fingerprint density at radius 1 is 1.60 bits per heavy atom. The molecule has 4 nitrogen and oxygen atoms in total. The highest BCUT2D eigenvalue weighted by molar-refractivity contribution is 5.81. The quantitative estimate of drug-likeness (QED) is 0.522. The van der Waals surface area contributed by atoms with Gasteiger partial charge < -0.3 is 15.2 Å². The average Bonchev–Trinajstić information content (AvgIpc) is 2.65. The molecule has 0 saturated heterocycles. The maximum atomic E-state index is 8.61. The molecule has 84 valence electrons. The van der Waals surface area contributed by atoms with Crippen LogP contribution in [0.4, 0.5) is 0 Å². The molecule has 1 aliphatic heterocycles. The number of aliphatic imine (C=N–C) groups is 1. The van der Waals surface area contributed by atoms with Gasteiger partial charge in [0.15, 0.2) is 0 Å². The third kappa shape index (κ3) is 3.85. The van der Waals surface area contributed by atoms with Crippen molar-refractivity contribution >= 4 is 6.21 Å². The Labute approximate surface area is 90.4 Å². The first-order valence-corrected chi connectivity index (χ1v) is 5.11. The summed E-state index contributed by atoms with van der Waals surface area (Å²) in [5.74, 6) is 0.552. The lowest BCUT2D eigenvalue weighted by Crippen LogP contribution is -2.08. The standard InChI is InChI=1S/C11H18N2O2/c1-3-11(15-5-4-14)13-8-10-7-12-6-9(10)2/h3,8,12,14H,4-7H2,1-2H3. The summed E-state index contributed by atoms with van der Waals surface area (Å²) in [6, 6.07) is 0. The van der Waals surface area contributed by atoms with E-state index in [1.165, 1.54) is 11.1 Å². The first-order chi connectivity index (χ1) is 7.27. The van der Waals surface area contributed by atoms with Crippen LogP contribution in [0.25, 0.3) is 0 Å². The Bertz CT molecular complexity index is 293. The second kappa shape index (κ2) is 6.37. The lowest BCUT2D eigenvalue weighted by molar-refractivity contribution is 0.144. The van der Waals surface area contributed by atoms with E-state index in [1.807, 2.05) is 13.1 Å². The fraction of sp³-hybridized carbons (Fsp3) is 0.545. The van der Waals surface area contributed by atoms with E-state index in [0.29, 0.717) is 5.88 Å². The van der Waals surface area contributed by atoms with Crippen molar-refractivity contribution in [1.29, 1.82) is 0 Å². The van der Waals surface area contributed by atoms with Gasteiger partial charge in [0, 0.05) is 19.3 Å². The number of nitrogens with one attached hydrogen (secondary N) is 1. The van der Waals surface area contributed by atoms with Gasteiger partial charge in [-0.25, -0.2) is 4.99 Å². The molecule has 0 unspecified atom stereocenters. The van der Waals surface area contributed by atoms with Gasteiger partial charge in [0.05, 0.1) is 6.61 Å². The fourth-order valence-electron chi connectivity index (χ4n) is 1.29. The lowest BCUT2D eigenvalue weighted by Gasteiger charge is -2.03. The van der Waals surface area contributed by atoms with Crippen molar-refractivity contribution in [2.24, 2.45) is 4.99 Å². The van der Waals surface area contributed by atoms with Gasteiger partial charge in [-0.3, -0.25) is 0 Å². The summed E-state index contributed by atoms with van der Waals surface area (Å²) in [5.41, 5.74) is 2.53. The van der Waals surface area contributed by atoms with E-state index in [0.717, 1.165) is 13.1 Å². The van der Waals surface area contributed by atoms with Crippen LogP contribution >= 0.6 is 0 Å². The molecule has 0 aromatic heterocycles. The zero-order valence-corrected chi connectivity index (χ0v) is 9.29. The number of rotatable bonds is 5. The molecule has 0 atom stereocenters. The summed E-state index contributed by atoms with van der Waals surface area (Å²) < 4.78 is 5.21. The topological polar surface area (TPSA) is 53.9 Å². The molecule has 15 heavy (non-hydrogen) atoms. The molecule has 1 aliphatic rings. The Balaban J connectivity index is 2.51. The van der Waals surface area contributed by atoms with E-state index in [4.69, 9.17) is 9.84 Å². The zero-order chi connectivity index (χ0) is 11.1. The summed E-state index contributed by atoms with van der Waals surface area (Å²) in [5, 5.41) is 11.9. The number of aliphatic hydroxyl groups excluding tert-OH is 1. The first-order valence-electron chi connectivity index (χ1n) is 5.11. The molecule has 1 rings (SSSR count). The number of nitrogens with zero attached hydrogens (tertiary/aromatic N) is 1. The van der Waals surface area contributed by atoms with Crippen LogP contribution in [0.1, 0.15) is 13.8 Å². The Kier molecular flexibility index (Phi) is 5.07. The summed E-state index contributed by atoms with van der Waals surface area (Å²) in [4.78, 5) is 4.22. The summed E-state index contributed by atoms with van der Waals surface area (Å²) in [6.45, 7) is 6.04. The van der Waals surface area contributed by atoms with Gasteiger partial charge in [-0.05, 0) is 25.5 Å². The molecule has 0 aromatic rings. The SMILES string of the molecule is CC=C(N=CC1=C(C)CNC1)OCCO. The molecule has 0 fully saturated rings. The smallest absolute Gasteiger partial charge is 0.208 e. The van der Waals surface area contributed by atoms with Crippen LogP contribution in [0.2, 0.25) is 0 Å². The second-order valence-electron chi connectivity index (χ2n) is 3.37. The molecule has 1 heterocycles. The van der Waals surface area contributed by atoms with Gasteiger partial charge in [0.25, 0.3) is 0 Å². The third-order valence-electron chi connectivity index (χ3n) is 2.19. The van der Waals surface area contributed by atoms with Gasteiger partial charge in [-0.15, -0.1) is 0 Å². The second-order valence-corrected chi connectivity index (χ2v) is 3.37. The molecule has 0 saturated carbocycles. The van der Waals surface area contributed by atoms with Gasteiger partial charge in [0.1, 0.15) is 6.61 Å². The molecule has 0 amide bonds. The fourth-order valence-corrected chi connectivity index (χ4v) is 1.29. The maximum Gasteiger partial charge on any atom is 0.208 e. The minimum absolute atomic E-state index is 0.0101. The summed E-state index contributed by atoms with van der Waals surface area (Å²) in [7, 11) is 0. The first kappa shape index (κ1) is 11.9. The molecular formula is C11H18N2O2. The number of hydrogen-bond acceptors (Lipinski definition) is 4. The van der Waals surface area contributed by atoms with E-state index >= 15 is 0 Å². The number of aliphatic hydroxyl groups is 1. The van der Waals surface area contributed by atoms with Crippen molar-refractivity contribution in [3.8, 4) is 0 Å². The number of ether oxygens (including phenoxy) is 1. The van der Waals surface area contributed by atoms with E-state index < -0.39 is 0 Å². The minimum Gasteiger partial charge on any atom is -0.475 e. The molecule has 0 bridgehead atoms. The summed E-state index contributed by atoms with van der Waals surface area (Å²) in [6.07, 6.45) is 3.60. The maximum absolute atomic E-state index is 8.61. The van der Waals surface area contributed by atoms with Crippen LogP contribution in [0.3, 0.4) is 0 Å². The molecule has 0 aromatic carbocycles. The molecule has 0 aliphatic carbocycles. The van der Waals surface area contributed by atoms with Crippen molar-refractivity contribution in [1.82, 2.24) is 5.32 Å². The lowest BCUT2D eigenvalue weighted by atomic mass is 10.2. The normalized spacial score (nSPS) is 17.9. The molecule has 0 radical (unpaired) electrons. The number of allylic oxidation sites excluding steroid dienone is 1. The average molecular weight is 210 g/mol. The highest BCUT2D eigenvalue weighted by Crippen LogP contribution is 2.07. The van der Waals surface area contributed by atoms with E-state index in [2.05, 4.69) is 17.2 Å². The van der Waals surface area contributed by atoms with E-state index in [9.17, 15) is 0 Å². The highest BCUT2D eigenvalue weighted by atomic mass is 16.5. The Morgan fingerprint density at radius 2 is 2.40 bits per heavy atom. The van der Waals surface area contributed by atoms with Crippen molar-refractivity contribution in [2.45, 2.75) is 13.8 Å². The van der Waals surface area contributed by atoms with Crippen LogP contribution in [0.15, 0.2) is 28.1 Å². The molecule has 4 heteroatoms. The van der Waals surface area contributed by atoms with Crippen molar-refractivity contribution in [3.63, 3.8) is 0 Å². The van der Waals surface area contributed by atoms with Gasteiger partial charge >= 0.3 is 0 Å². The molecule has 0 spiro atoms. The number of hydrogen-bond donors (Lipinski definition) is 2. The highest BCUT2D eigenvalue weighted by Gasteiger charge is 2.07. The van der Waals surface area contributed by atoms with Crippen molar-refractivity contribution in [3.05, 3.63) is 23.1 Å². The van der Waals surface area contributed by atoms with Crippen LogP contribution in [0.5, 0.6) is 0 Å².